The maximum Gasteiger partial charge on any atom is 0.270 e. The summed E-state index contributed by atoms with van der Waals surface area (Å²) in [4.78, 5) is 25.4. The molecule has 0 saturated heterocycles. The smallest absolute Gasteiger partial charge is 0.270 e. The average Bonchev–Trinajstić information content (AvgIpc) is 2.63. The van der Waals surface area contributed by atoms with Crippen LogP contribution in [0.5, 0.6) is 0 Å². The monoisotopic (exact) mass is 348 g/mol. The number of pyridine rings is 1. The Bertz CT molecular complexity index is 953. The molecule has 0 spiro atoms. The maximum absolute atomic E-state index is 12.7. The number of benzene rings is 1. The van der Waals surface area contributed by atoms with Gasteiger partial charge < -0.3 is 10.4 Å². The lowest BCUT2D eigenvalue weighted by Crippen LogP contribution is -2.41. The van der Waals surface area contributed by atoms with Crippen molar-refractivity contribution >= 4 is 16.8 Å². The van der Waals surface area contributed by atoms with Crippen molar-refractivity contribution in [2.24, 2.45) is 5.92 Å². The van der Waals surface area contributed by atoms with Crippen molar-refractivity contribution in [1.29, 1.82) is 0 Å². The molecule has 0 radical (unpaired) electrons. The zero-order chi connectivity index (χ0) is 18.1. The number of carbonyl (C=O) groups is 1. The molecule has 1 aliphatic rings. The molecule has 1 unspecified atom stereocenters. The van der Waals surface area contributed by atoms with Crippen LogP contribution in [-0.2, 0) is 0 Å². The fourth-order valence-electron chi connectivity index (χ4n) is 3.43. The number of hydrogen-bond donors (Lipinski definition) is 2. The van der Waals surface area contributed by atoms with Gasteiger partial charge in [-0.15, -0.1) is 0 Å². The molecule has 1 aromatic carbocycles. The quantitative estimate of drug-likeness (QED) is 0.756. The molecule has 4 rings (SSSR count). The van der Waals surface area contributed by atoms with Crippen LogP contribution in [0, 0.1) is 12.8 Å². The number of nitrogens with zero attached hydrogens (tertiary/aromatic N) is 3. The van der Waals surface area contributed by atoms with Gasteiger partial charge in [0, 0.05) is 17.8 Å². The first-order chi connectivity index (χ1) is 12.6. The van der Waals surface area contributed by atoms with E-state index in [0.29, 0.717) is 24.4 Å². The predicted molar refractivity (Wildman–Crippen MR) is 97.5 cm³/mol. The van der Waals surface area contributed by atoms with Crippen molar-refractivity contribution in [3.8, 4) is 0 Å². The molecule has 2 heterocycles. The lowest BCUT2D eigenvalue weighted by molar-refractivity contribution is 0.0234. The van der Waals surface area contributed by atoms with E-state index in [1.54, 1.807) is 19.2 Å². The number of fused-ring (bicyclic) bond motifs is 1. The van der Waals surface area contributed by atoms with Gasteiger partial charge in [0.15, 0.2) is 0 Å². The van der Waals surface area contributed by atoms with E-state index in [1.807, 2.05) is 30.5 Å². The molecule has 6 nitrogen and oxygen atoms in total. The summed E-state index contributed by atoms with van der Waals surface area (Å²) >= 11 is 0. The Balaban J connectivity index is 1.64. The molecule has 2 aromatic heterocycles. The number of amides is 1. The van der Waals surface area contributed by atoms with Crippen LogP contribution in [0.15, 0.2) is 48.8 Å². The van der Waals surface area contributed by atoms with E-state index < -0.39 is 0 Å². The number of aromatic nitrogens is 3. The van der Waals surface area contributed by atoms with Gasteiger partial charge in [0.25, 0.3) is 5.91 Å². The molecule has 1 atom stereocenters. The molecule has 26 heavy (non-hydrogen) atoms. The van der Waals surface area contributed by atoms with Crippen LogP contribution in [0.3, 0.4) is 0 Å². The van der Waals surface area contributed by atoms with Crippen LogP contribution in [0.2, 0.25) is 0 Å². The number of nitrogens with one attached hydrogen (secondary N) is 1. The van der Waals surface area contributed by atoms with Gasteiger partial charge in [-0.05, 0) is 49.4 Å². The van der Waals surface area contributed by atoms with E-state index in [0.717, 1.165) is 16.5 Å². The number of hydrogen-bond acceptors (Lipinski definition) is 5. The fraction of sp³-hybridized carbons (Fsp3) is 0.300. The van der Waals surface area contributed by atoms with Gasteiger partial charge in [0.1, 0.15) is 11.5 Å². The van der Waals surface area contributed by atoms with Crippen molar-refractivity contribution in [2.75, 3.05) is 0 Å². The van der Waals surface area contributed by atoms with Gasteiger partial charge in [-0.3, -0.25) is 9.78 Å². The summed E-state index contributed by atoms with van der Waals surface area (Å²) < 4.78 is 0. The SMILES string of the molecule is Cc1nccc(C(=O)NC(c2cnc3ccccc3c2)C2CC(O)C2)n1. The highest BCUT2D eigenvalue weighted by atomic mass is 16.3. The molecule has 1 saturated carbocycles. The van der Waals surface area contributed by atoms with E-state index in [1.165, 1.54) is 0 Å². The number of aryl methyl sites for hydroxylation is 1. The first-order valence-electron chi connectivity index (χ1n) is 8.73. The van der Waals surface area contributed by atoms with Crippen LogP contribution in [0.25, 0.3) is 10.9 Å². The zero-order valence-electron chi connectivity index (χ0n) is 14.5. The second kappa shape index (κ2) is 6.80. The summed E-state index contributed by atoms with van der Waals surface area (Å²) in [5.41, 5.74) is 2.21. The minimum atomic E-state index is -0.297. The summed E-state index contributed by atoms with van der Waals surface area (Å²) in [6.45, 7) is 1.75. The van der Waals surface area contributed by atoms with Crippen molar-refractivity contribution in [3.63, 3.8) is 0 Å². The molecule has 132 valence electrons. The third-order valence-corrected chi connectivity index (χ3v) is 4.89. The highest BCUT2D eigenvalue weighted by molar-refractivity contribution is 5.92. The molecular weight excluding hydrogens is 328 g/mol. The number of para-hydroxylation sites is 1. The fourth-order valence-corrected chi connectivity index (χ4v) is 3.43. The third-order valence-electron chi connectivity index (χ3n) is 4.89. The Morgan fingerprint density at radius 3 is 2.81 bits per heavy atom. The predicted octanol–water partition coefficient (Wildman–Crippen LogP) is 2.58. The van der Waals surface area contributed by atoms with Crippen molar-refractivity contribution in [1.82, 2.24) is 20.3 Å². The summed E-state index contributed by atoms with van der Waals surface area (Å²) in [5, 5.41) is 13.8. The van der Waals surface area contributed by atoms with E-state index in [2.05, 4.69) is 26.3 Å². The topological polar surface area (TPSA) is 88.0 Å². The molecule has 0 aliphatic heterocycles. The Kier molecular flexibility index (Phi) is 4.34. The Morgan fingerprint density at radius 1 is 1.23 bits per heavy atom. The van der Waals surface area contributed by atoms with Crippen molar-refractivity contribution in [2.45, 2.75) is 31.9 Å². The zero-order valence-corrected chi connectivity index (χ0v) is 14.5. The van der Waals surface area contributed by atoms with Crippen LogP contribution in [-0.4, -0.2) is 32.1 Å². The van der Waals surface area contributed by atoms with Crippen molar-refractivity contribution in [3.05, 3.63) is 65.9 Å². The minimum absolute atomic E-state index is 0.180. The normalized spacial score (nSPS) is 20.4. The minimum Gasteiger partial charge on any atom is -0.393 e. The summed E-state index contributed by atoms with van der Waals surface area (Å²) in [7, 11) is 0. The Hall–Kier alpha value is -2.86. The van der Waals surface area contributed by atoms with E-state index >= 15 is 0 Å². The number of aliphatic hydroxyl groups is 1. The van der Waals surface area contributed by atoms with Gasteiger partial charge in [-0.25, -0.2) is 9.97 Å². The molecule has 1 aliphatic carbocycles. The standard InChI is InChI=1S/C20H20N4O2/c1-12-21-7-6-18(23-12)20(26)24-19(14-9-16(25)10-14)15-8-13-4-2-3-5-17(13)22-11-15/h2-8,11,14,16,19,25H,9-10H2,1H3,(H,24,26). The molecule has 3 aromatic rings. The van der Waals surface area contributed by atoms with Gasteiger partial charge >= 0.3 is 0 Å². The lowest BCUT2D eigenvalue weighted by atomic mass is 9.75. The van der Waals surface area contributed by atoms with E-state index in [-0.39, 0.29) is 24.0 Å². The molecule has 6 heteroatoms. The summed E-state index contributed by atoms with van der Waals surface area (Å²) in [6.07, 6.45) is 4.43. The highest BCUT2D eigenvalue weighted by Crippen LogP contribution is 2.38. The van der Waals surface area contributed by atoms with Gasteiger partial charge in [0.2, 0.25) is 0 Å². The number of aliphatic hydroxyl groups excluding tert-OH is 1. The van der Waals surface area contributed by atoms with Crippen LogP contribution in [0.4, 0.5) is 0 Å². The molecule has 1 amide bonds. The molecule has 2 N–H and O–H groups in total. The molecular formula is C20H20N4O2. The second-order valence-electron chi connectivity index (χ2n) is 6.79. The average molecular weight is 348 g/mol. The molecule has 1 fully saturated rings. The van der Waals surface area contributed by atoms with Crippen LogP contribution >= 0.6 is 0 Å². The first-order valence-corrected chi connectivity index (χ1v) is 8.73. The Labute approximate surface area is 151 Å². The highest BCUT2D eigenvalue weighted by Gasteiger charge is 2.36. The number of carbonyl (C=O) groups excluding carboxylic acids is 1. The van der Waals surface area contributed by atoms with Crippen LogP contribution < -0.4 is 5.32 Å². The lowest BCUT2D eigenvalue weighted by Gasteiger charge is -2.38. The van der Waals surface area contributed by atoms with Gasteiger partial charge in [0.05, 0.1) is 17.7 Å². The summed E-state index contributed by atoms with van der Waals surface area (Å²) in [6, 6.07) is 11.3. The Morgan fingerprint density at radius 2 is 2.04 bits per heavy atom. The first kappa shape index (κ1) is 16.6. The van der Waals surface area contributed by atoms with E-state index in [4.69, 9.17) is 0 Å². The van der Waals surface area contributed by atoms with Gasteiger partial charge in [-0.2, -0.15) is 0 Å². The van der Waals surface area contributed by atoms with E-state index in [9.17, 15) is 9.90 Å². The number of rotatable bonds is 4. The maximum atomic E-state index is 12.7. The second-order valence-corrected chi connectivity index (χ2v) is 6.79. The van der Waals surface area contributed by atoms with Crippen molar-refractivity contribution < 1.29 is 9.90 Å². The van der Waals surface area contributed by atoms with Crippen LogP contribution in [0.1, 0.15) is 40.8 Å². The van der Waals surface area contributed by atoms with Gasteiger partial charge in [-0.1, -0.05) is 18.2 Å². The largest absolute Gasteiger partial charge is 0.393 e. The third kappa shape index (κ3) is 3.28. The summed E-state index contributed by atoms with van der Waals surface area (Å²) in [5.74, 6) is 0.496. The molecule has 0 bridgehead atoms.